The molecular formula is C31H25N5O4S2. The molecule has 0 aliphatic heterocycles. The average molecular weight is 596 g/mol. The number of hydrogen-bond acceptors (Lipinski definition) is 11. The zero-order valence-corrected chi connectivity index (χ0v) is 24.9. The van der Waals surface area contributed by atoms with E-state index in [0.717, 1.165) is 33.8 Å². The number of carbonyl (C=O) groups excluding carboxylic acids is 2. The van der Waals surface area contributed by atoms with Crippen LogP contribution in [0.2, 0.25) is 0 Å². The van der Waals surface area contributed by atoms with Crippen LogP contribution >= 0.6 is 22.7 Å². The third kappa shape index (κ3) is 6.25. The van der Waals surface area contributed by atoms with Crippen molar-refractivity contribution in [3.05, 3.63) is 75.5 Å². The molecule has 9 nitrogen and oxygen atoms in total. The van der Waals surface area contributed by atoms with Crippen molar-refractivity contribution in [3.63, 3.8) is 0 Å². The number of carbonyl (C=O) groups is 2. The lowest BCUT2D eigenvalue weighted by Gasteiger charge is -1.99. The highest BCUT2D eigenvalue weighted by Gasteiger charge is 2.25. The first kappa shape index (κ1) is 28.7. The Balaban J connectivity index is 1.68. The highest BCUT2D eigenvalue weighted by Crippen LogP contribution is 2.44. The maximum atomic E-state index is 12.9. The van der Waals surface area contributed by atoms with E-state index in [-0.39, 0.29) is 23.0 Å². The number of hydrogen-bond donors (Lipinski definition) is 0. The van der Waals surface area contributed by atoms with Gasteiger partial charge in [0.15, 0.2) is 0 Å². The molecule has 0 aliphatic carbocycles. The van der Waals surface area contributed by atoms with Crippen molar-refractivity contribution in [1.82, 2.24) is 4.98 Å². The number of benzene rings is 2. The minimum Gasteiger partial charge on any atom is -0.462 e. The second-order valence-corrected chi connectivity index (χ2v) is 11.0. The highest BCUT2D eigenvalue weighted by atomic mass is 32.1. The van der Waals surface area contributed by atoms with Crippen LogP contribution in [0.15, 0.2) is 74.6 Å². The summed E-state index contributed by atoms with van der Waals surface area (Å²) < 4.78 is 10.6. The van der Waals surface area contributed by atoms with Gasteiger partial charge >= 0.3 is 11.9 Å². The Hall–Kier alpha value is -4.79. The predicted octanol–water partition coefficient (Wildman–Crippen LogP) is 8.76. The van der Waals surface area contributed by atoms with Gasteiger partial charge in [0.05, 0.1) is 24.6 Å². The molecule has 0 aliphatic rings. The monoisotopic (exact) mass is 595 g/mol. The van der Waals surface area contributed by atoms with E-state index < -0.39 is 11.9 Å². The SMILES string of the molecule is CCOC(=O)c1sc2nc3sc(C(=O)OCC)c(N=C=Nc4ccc(C)cc4)c3cc2c1N=C=Nc1ccc(C)cc1. The molecule has 3 aromatic heterocycles. The first-order chi connectivity index (χ1) is 20.4. The molecule has 210 valence electrons. The lowest BCUT2D eigenvalue weighted by molar-refractivity contribution is 0.0523. The molecule has 0 saturated heterocycles. The van der Waals surface area contributed by atoms with Gasteiger partial charge in [-0.1, -0.05) is 35.4 Å². The molecule has 0 spiro atoms. The van der Waals surface area contributed by atoms with Crippen molar-refractivity contribution in [2.75, 3.05) is 13.2 Å². The van der Waals surface area contributed by atoms with Gasteiger partial charge in [-0.05, 0) is 58.0 Å². The number of aliphatic imine (C=N–C) groups is 4. The molecule has 5 aromatic rings. The molecule has 11 heteroatoms. The quantitative estimate of drug-likeness (QED) is 0.131. The molecule has 3 heterocycles. The van der Waals surface area contributed by atoms with Gasteiger partial charge in [0.2, 0.25) is 0 Å². The molecule has 0 unspecified atom stereocenters. The first-order valence-corrected chi connectivity index (χ1v) is 14.7. The van der Waals surface area contributed by atoms with Crippen LogP contribution < -0.4 is 0 Å². The number of pyridine rings is 1. The third-order valence-electron chi connectivity index (χ3n) is 5.96. The maximum absolute atomic E-state index is 12.9. The van der Waals surface area contributed by atoms with Crippen LogP contribution in [-0.4, -0.2) is 42.2 Å². The topological polar surface area (TPSA) is 115 Å². The van der Waals surface area contributed by atoms with Crippen molar-refractivity contribution >= 4 is 89.8 Å². The Morgan fingerprint density at radius 2 is 1.10 bits per heavy atom. The van der Waals surface area contributed by atoms with Crippen LogP contribution in [0.3, 0.4) is 0 Å². The molecule has 0 saturated carbocycles. The summed E-state index contributed by atoms with van der Waals surface area (Å²) in [5.41, 5.74) is 4.20. The fourth-order valence-electron chi connectivity index (χ4n) is 3.91. The number of esters is 2. The molecule has 0 fully saturated rings. The summed E-state index contributed by atoms with van der Waals surface area (Å²) in [7, 11) is 0. The molecule has 0 amide bonds. The smallest absolute Gasteiger partial charge is 0.350 e. The van der Waals surface area contributed by atoms with Crippen LogP contribution in [-0.2, 0) is 9.47 Å². The van der Waals surface area contributed by atoms with E-state index >= 15 is 0 Å². The molecular weight excluding hydrogens is 571 g/mol. The molecule has 0 N–H and O–H groups in total. The van der Waals surface area contributed by atoms with Gasteiger partial charge in [-0.25, -0.2) is 14.6 Å². The van der Waals surface area contributed by atoms with E-state index in [9.17, 15) is 9.59 Å². The molecule has 2 aromatic carbocycles. The summed E-state index contributed by atoms with van der Waals surface area (Å²) in [4.78, 5) is 49.6. The minimum atomic E-state index is -0.518. The fourth-order valence-corrected chi connectivity index (χ4v) is 5.94. The normalized spacial score (nSPS) is 10.6. The largest absolute Gasteiger partial charge is 0.462 e. The van der Waals surface area contributed by atoms with Gasteiger partial charge in [-0.2, -0.15) is 20.0 Å². The number of fused-ring (bicyclic) bond motifs is 2. The average Bonchev–Trinajstić information content (AvgIpc) is 3.52. The lowest BCUT2D eigenvalue weighted by Crippen LogP contribution is -2.02. The van der Waals surface area contributed by atoms with Crippen molar-refractivity contribution in [2.45, 2.75) is 27.7 Å². The summed E-state index contributed by atoms with van der Waals surface area (Å²) >= 11 is 2.30. The van der Waals surface area contributed by atoms with Crippen molar-refractivity contribution < 1.29 is 19.1 Å². The van der Waals surface area contributed by atoms with Crippen molar-refractivity contribution in [1.29, 1.82) is 0 Å². The van der Waals surface area contributed by atoms with Gasteiger partial charge in [0.25, 0.3) is 0 Å². The zero-order chi connectivity index (χ0) is 29.6. The number of aromatic nitrogens is 1. The van der Waals surface area contributed by atoms with Crippen LogP contribution in [0.5, 0.6) is 0 Å². The van der Waals surface area contributed by atoms with E-state index in [2.05, 4.69) is 32.0 Å². The number of nitrogens with zero attached hydrogens (tertiary/aromatic N) is 5. The predicted molar refractivity (Wildman–Crippen MR) is 168 cm³/mol. The zero-order valence-electron chi connectivity index (χ0n) is 23.3. The van der Waals surface area contributed by atoms with E-state index in [0.29, 0.717) is 43.2 Å². The van der Waals surface area contributed by atoms with Gasteiger partial charge < -0.3 is 9.47 Å². The summed E-state index contributed by atoms with van der Waals surface area (Å²) in [6.45, 7) is 7.86. The standard InChI is InChI=1S/C31H25N5O4S2/c1-5-39-30(37)26-24(34-16-32-20-11-7-18(3)8-12-20)22-15-23-25(35-17-33-21-13-9-19(4)10-14-21)27(31(38)40-6-2)42-29(23)36-28(22)41-26/h7-15H,5-6H2,1-4H3. The maximum Gasteiger partial charge on any atom is 0.350 e. The Kier molecular flexibility index (Phi) is 8.76. The first-order valence-electron chi connectivity index (χ1n) is 13.1. The molecule has 0 radical (unpaired) electrons. The van der Waals surface area contributed by atoms with Crippen LogP contribution in [0.25, 0.3) is 20.4 Å². The molecule has 0 bridgehead atoms. The van der Waals surface area contributed by atoms with E-state index in [1.165, 1.54) is 0 Å². The van der Waals surface area contributed by atoms with Gasteiger partial charge in [0, 0.05) is 10.8 Å². The minimum absolute atomic E-state index is 0.207. The number of thiophene rings is 2. The van der Waals surface area contributed by atoms with Crippen LogP contribution in [0.4, 0.5) is 22.7 Å². The number of rotatable bonds is 8. The Morgan fingerprint density at radius 3 is 1.48 bits per heavy atom. The van der Waals surface area contributed by atoms with Crippen molar-refractivity contribution in [2.24, 2.45) is 20.0 Å². The molecule has 5 rings (SSSR count). The summed E-state index contributed by atoms with van der Waals surface area (Å²) in [5.74, 6) is -1.04. The van der Waals surface area contributed by atoms with E-state index in [4.69, 9.17) is 14.5 Å². The van der Waals surface area contributed by atoms with E-state index in [1.807, 2.05) is 62.4 Å². The Labute approximate surface area is 249 Å². The fraction of sp³-hybridized carbons (Fsp3) is 0.194. The van der Waals surface area contributed by atoms with Crippen molar-refractivity contribution in [3.8, 4) is 0 Å². The molecule has 0 atom stereocenters. The Morgan fingerprint density at radius 1 is 0.690 bits per heavy atom. The summed E-state index contributed by atoms with van der Waals surface area (Å²) in [6.07, 6.45) is 0. The van der Waals surface area contributed by atoms with Crippen LogP contribution in [0.1, 0.15) is 44.3 Å². The van der Waals surface area contributed by atoms with Gasteiger partial charge in [0.1, 0.15) is 42.8 Å². The van der Waals surface area contributed by atoms with E-state index in [1.54, 1.807) is 19.9 Å². The van der Waals surface area contributed by atoms with Gasteiger partial charge in [-0.15, -0.1) is 22.7 Å². The Bertz CT molecular complexity index is 1790. The third-order valence-corrected chi connectivity index (χ3v) is 8.10. The summed E-state index contributed by atoms with van der Waals surface area (Å²) in [6, 6.07) is 22.4. The van der Waals surface area contributed by atoms with Crippen LogP contribution in [0, 0.1) is 13.8 Å². The highest BCUT2D eigenvalue weighted by molar-refractivity contribution is 7.23. The second kappa shape index (κ2) is 12.8. The lowest BCUT2D eigenvalue weighted by atomic mass is 10.2. The number of aryl methyl sites for hydroxylation is 2. The number of ether oxygens (including phenoxy) is 2. The summed E-state index contributed by atoms with van der Waals surface area (Å²) in [5, 5.41) is 1.14. The van der Waals surface area contributed by atoms with Gasteiger partial charge in [-0.3, -0.25) is 0 Å². The second-order valence-electron chi connectivity index (χ2n) is 9.01. The molecule has 42 heavy (non-hydrogen) atoms.